The number of methoxy groups -OCH3 is 1. The molecule has 0 aromatic heterocycles. The van der Waals surface area contributed by atoms with Gasteiger partial charge in [0.25, 0.3) is 0 Å². The van der Waals surface area contributed by atoms with Gasteiger partial charge in [-0.3, -0.25) is 13.9 Å². The molecule has 0 saturated carbocycles. The number of anilines is 1. The van der Waals surface area contributed by atoms with E-state index in [-0.39, 0.29) is 24.9 Å². The average molecular weight is 566 g/mol. The Morgan fingerprint density at radius 3 is 2.17 bits per heavy atom. The van der Waals surface area contributed by atoms with Crippen molar-refractivity contribution in [1.29, 1.82) is 0 Å². The molecule has 2 atom stereocenters. The van der Waals surface area contributed by atoms with Gasteiger partial charge >= 0.3 is 0 Å². The summed E-state index contributed by atoms with van der Waals surface area (Å²) < 4.78 is 32.0. The smallest absolute Gasteiger partial charge is 0.244 e. The molecule has 9 heteroatoms. The second kappa shape index (κ2) is 14.0. The topological polar surface area (TPSA) is 96.0 Å². The van der Waals surface area contributed by atoms with Gasteiger partial charge in [-0.05, 0) is 55.7 Å². The molecule has 0 spiro atoms. The van der Waals surface area contributed by atoms with Crippen molar-refractivity contribution < 1.29 is 22.7 Å². The van der Waals surface area contributed by atoms with Crippen LogP contribution in [0.15, 0.2) is 78.9 Å². The van der Waals surface area contributed by atoms with Crippen LogP contribution >= 0.6 is 0 Å². The number of hydrogen-bond donors (Lipinski definition) is 1. The molecule has 40 heavy (non-hydrogen) atoms. The van der Waals surface area contributed by atoms with Crippen molar-refractivity contribution in [3.8, 4) is 5.75 Å². The molecular formula is C31H39N3O5S. The summed E-state index contributed by atoms with van der Waals surface area (Å²) in [4.78, 5) is 29.3. The Balaban J connectivity index is 2.05. The number of sulfonamides is 1. The number of aryl methyl sites for hydroxylation is 1. The van der Waals surface area contributed by atoms with Crippen LogP contribution in [0.2, 0.25) is 0 Å². The van der Waals surface area contributed by atoms with E-state index in [1.54, 1.807) is 24.3 Å². The molecule has 0 aliphatic heterocycles. The van der Waals surface area contributed by atoms with Gasteiger partial charge in [0.15, 0.2) is 0 Å². The van der Waals surface area contributed by atoms with Crippen molar-refractivity contribution in [2.45, 2.75) is 52.2 Å². The predicted octanol–water partition coefficient (Wildman–Crippen LogP) is 4.32. The van der Waals surface area contributed by atoms with Gasteiger partial charge in [0.2, 0.25) is 21.8 Å². The summed E-state index contributed by atoms with van der Waals surface area (Å²) in [6.45, 7) is 5.54. The molecule has 0 aliphatic rings. The predicted molar refractivity (Wildman–Crippen MR) is 159 cm³/mol. The Morgan fingerprint density at radius 1 is 0.950 bits per heavy atom. The fourth-order valence-electron chi connectivity index (χ4n) is 4.36. The van der Waals surface area contributed by atoms with E-state index < -0.39 is 28.5 Å². The maximum absolute atomic E-state index is 14.1. The van der Waals surface area contributed by atoms with E-state index >= 15 is 0 Å². The molecule has 2 amide bonds. The molecule has 0 fully saturated rings. The molecule has 0 aliphatic carbocycles. The Bertz CT molecular complexity index is 1380. The molecule has 8 nitrogen and oxygen atoms in total. The Morgan fingerprint density at radius 2 is 1.60 bits per heavy atom. The first kappa shape index (κ1) is 30.7. The van der Waals surface area contributed by atoms with Gasteiger partial charge in [-0.15, -0.1) is 0 Å². The zero-order valence-corrected chi connectivity index (χ0v) is 24.6. The third kappa shape index (κ3) is 8.58. The molecule has 3 aromatic rings. The Hall–Kier alpha value is -3.85. The van der Waals surface area contributed by atoms with E-state index in [2.05, 4.69) is 5.32 Å². The molecule has 0 heterocycles. The average Bonchev–Trinajstić information content (AvgIpc) is 2.93. The van der Waals surface area contributed by atoms with E-state index in [0.29, 0.717) is 11.4 Å². The summed E-state index contributed by atoms with van der Waals surface area (Å²) in [5.41, 5.74) is 3.09. The monoisotopic (exact) mass is 565 g/mol. The lowest BCUT2D eigenvalue weighted by Crippen LogP contribution is -2.54. The zero-order chi connectivity index (χ0) is 29.3. The second-order valence-electron chi connectivity index (χ2n) is 10.0. The highest BCUT2D eigenvalue weighted by atomic mass is 32.2. The van der Waals surface area contributed by atoms with Gasteiger partial charge in [0.1, 0.15) is 18.3 Å². The van der Waals surface area contributed by atoms with Crippen LogP contribution in [0.25, 0.3) is 0 Å². The summed E-state index contributed by atoms with van der Waals surface area (Å²) in [6, 6.07) is 22.7. The van der Waals surface area contributed by atoms with Crippen molar-refractivity contribution in [2.24, 2.45) is 0 Å². The maximum Gasteiger partial charge on any atom is 0.244 e. The van der Waals surface area contributed by atoms with Crippen LogP contribution in [0.5, 0.6) is 5.75 Å². The van der Waals surface area contributed by atoms with E-state index in [1.165, 1.54) is 12.0 Å². The third-order valence-electron chi connectivity index (χ3n) is 6.75. The quantitative estimate of drug-likeness (QED) is 0.333. The number of benzene rings is 3. The summed E-state index contributed by atoms with van der Waals surface area (Å²) in [6.07, 6.45) is 2.07. The summed E-state index contributed by atoms with van der Waals surface area (Å²) >= 11 is 0. The minimum absolute atomic E-state index is 0.0893. The van der Waals surface area contributed by atoms with Gasteiger partial charge in [-0.2, -0.15) is 0 Å². The summed E-state index contributed by atoms with van der Waals surface area (Å²) in [5, 5.41) is 3.03. The number of nitrogens with one attached hydrogen (secondary N) is 1. The number of amides is 2. The van der Waals surface area contributed by atoms with Crippen LogP contribution in [-0.4, -0.2) is 57.1 Å². The third-order valence-corrected chi connectivity index (χ3v) is 7.89. The molecule has 0 unspecified atom stereocenters. The highest BCUT2D eigenvalue weighted by Crippen LogP contribution is 2.23. The number of hydrogen-bond acceptors (Lipinski definition) is 5. The highest BCUT2D eigenvalue weighted by Gasteiger charge is 2.33. The fourth-order valence-corrected chi connectivity index (χ4v) is 5.21. The first-order chi connectivity index (χ1) is 19.0. The van der Waals surface area contributed by atoms with Crippen LogP contribution in [0.4, 0.5) is 5.69 Å². The fraction of sp³-hybridized carbons (Fsp3) is 0.355. The number of carbonyl (C=O) groups excluding carboxylic acids is 2. The Kier molecular flexibility index (Phi) is 10.7. The van der Waals surface area contributed by atoms with Gasteiger partial charge in [0.05, 0.1) is 19.1 Å². The van der Waals surface area contributed by atoms with E-state index in [9.17, 15) is 18.0 Å². The van der Waals surface area contributed by atoms with E-state index in [0.717, 1.165) is 33.7 Å². The maximum atomic E-state index is 14.1. The first-order valence-corrected chi connectivity index (χ1v) is 15.2. The molecule has 3 aromatic carbocycles. The second-order valence-corrected chi connectivity index (χ2v) is 11.9. The number of ether oxygens (including phenoxy) is 1. The molecule has 1 N–H and O–H groups in total. The number of carbonyl (C=O) groups is 2. The minimum atomic E-state index is -3.83. The van der Waals surface area contributed by atoms with Crippen molar-refractivity contribution in [3.05, 3.63) is 95.6 Å². The molecular weight excluding hydrogens is 526 g/mol. The Labute approximate surface area is 238 Å². The van der Waals surface area contributed by atoms with Crippen LogP contribution in [0.3, 0.4) is 0 Å². The molecule has 0 bridgehead atoms. The molecule has 0 saturated heterocycles. The first-order valence-electron chi connectivity index (χ1n) is 13.3. The van der Waals surface area contributed by atoms with Crippen molar-refractivity contribution >= 4 is 27.5 Å². The van der Waals surface area contributed by atoms with Gasteiger partial charge < -0.3 is 15.0 Å². The van der Waals surface area contributed by atoms with Crippen molar-refractivity contribution in [3.63, 3.8) is 0 Å². The van der Waals surface area contributed by atoms with Crippen molar-refractivity contribution in [1.82, 2.24) is 10.2 Å². The lowest BCUT2D eigenvalue weighted by atomic mass is 10.0. The zero-order valence-electron chi connectivity index (χ0n) is 23.8. The van der Waals surface area contributed by atoms with Gasteiger partial charge in [0, 0.05) is 19.0 Å². The lowest BCUT2D eigenvalue weighted by molar-refractivity contribution is -0.140. The van der Waals surface area contributed by atoms with Crippen LogP contribution in [0.1, 0.15) is 37.0 Å². The normalized spacial score (nSPS) is 12.7. The van der Waals surface area contributed by atoms with Gasteiger partial charge in [-0.1, -0.05) is 67.1 Å². The van der Waals surface area contributed by atoms with Crippen LogP contribution < -0.4 is 14.4 Å². The summed E-state index contributed by atoms with van der Waals surface area (Å²) in [5.74, 6) is -0.202. The minimum Gasteiger partial charge on any atom is -0.497 e. The van der Waals surface area contributed by atoms with Gasteiger partial charge in [-0.25, -0.2) is 8.42 Å². The largest absolute Gasteiger partial charge is 0.497 e. The molecule has 214 valence electrons. The lowest BCUT2D eigenvalue weighted by Gasteiger charge is -2.34. The van der Waals surface area contributed by atoms with Crippen LogP contribution in [0, 0.1) is 6.92 Å². The molecule has 0 radical (unpaired) electrons. The van der Waals surface area contributed by atoms with E-state index in [4.69, 9.17) is 4.74 Å². The highest BCUT2D eigenvalue weighted by molar-refractivity contribution is 7.92. The van der Waals surface area contributed by atoms with Crippen LogP contribution in [-0.2, 0) is 32.6 Å². The summed E-state index contributed by atoms with van der Waals surface area (Å²) in [7, 11) is -2.31. The SMILES string of the molecule is CC[C@@H](C)NC(=O)[C@H](Cc1ccccc1)N(Cc1cccc(C)c1)C(=O)CN(c1ccc(OC)cc1)S(C)(=O)=O. The van der Waals surface area contributed by atoms with E-state index in [1.807, 2.05) is 75.4 Å². The standard InChI is InChI=1S/C31H39N3O5S/c1-6-24(3)32-31(36)29(20-25-12-8-7-9-13-25)33(21-26-14-10-11-23(2)19-26)30(35)22-34(40(5,37)38)27-15-17-28(39-4)18-16-27/h7-19,24,29H,6,20-22H2,1-5H3,(H,32,36)/t24-,29+/m1/s1. The van der Waals surface area contributed by atoms with Crippen molar-refractivity contribution in [2.75, 3.05) is 24.2 Å². The molecule has 3 rings (SSSR count). The number of rotatable bonds is 13. The number of nitrogens with zero attached hydrogens (tertiary/aromatic N) is 2.